The van der Waals surface area contributed by atoms with Gasteiger partial charge in [-0.1, -0.05) is 27.7 Å². The molecule has 3 N–H and O–H groups in total. The molecular weight excluding hydrogens is 273 g/mol. The maximum absolute atomic E-state index is 12.9. The molecule has 0 saturated heterocycles. The van der Waals surface area contributed by atoms with Crippen LogP contribution >= 0.6 is 7.60 Å². The Balaban J connectivity index is 3.04. The minimum absolute atomic E-state index is 0.0316. The average molecular weight is 305 g/mol. The summed E-state index contributed by atoms with van der Waals surface area (Å²) in [6.45, 7) is 13.8. The lowest BCUT2D eigenvalue weighted by molar-refractivity contribution is 0.0331. The van der Waals surface area contributed by atoms with Crippen molar-refractivity contribution in [2.75, 3.05) is 0 Å². The first-order valence-electron chi connectivity index (χ1n) is 7.50. The monoisotopic (exact) mass is 305 g/mol. The molecule has 0 aromatic rings. The second-order valence-electron chi connectivity index (χ2n) is 8.38. The van der Waals surface area contributed by atoms with Crippen LogP contribution in [0.1, 0.15) is 67.7 Å². The molecule has 120 valence electrons. The molecule has 0 bridgehead atoms. The summed E-state index contributed by atoms with van der Waals surface area (Å²) in [4.78, 5) is 10.6. The van der Waals surface area contributed by atoms with E-state index in [0.29, 0.717) is 12.8 Å². The third kappa shape index (κ3) is 3.85. The van der Waals surface area contributed by atoms with Crippen molar-refractivity contribution < 1.29 is 14.0 Å². The first-order chi connectivity index (χ1) is 8.71. The first kappa shape index (κ1) is 18.2. The van der Waals surface area contributed by atoms with Crippen molar-refractivity contribution in [1.82, 2.24) is 0 Å². The fraction of sp³-hybridized carbons (Fsp3) is 1.00. The minimum Gasteiger partial charge on any atom is -0.328 e. The van der Waals surface area contributed by atoms with Gasteiger partial charge in [-0.25, -0.2) is 0 Å². The Morgan fingerprint density at radius 1 is 1.30 bits per heavy atom. The molecule has 5 heteroatoms. The second-order valence-corrected chi connectivity index (χ2v) is 10.7. The van der Waals surface area contributed by atoms with Crippen LogP contribution in [0.3, 0.4) is 0 Å². The predicted molar refractivity (Wildman–Crippen MR) is 83.8 cm³/mol. The maximum Gasteiger partial charge on any atom is 0.334 e. The van der Waals surface area contributed by atoms with Crippen LogP contribution in [0.5, 0.6) is 0 Å². The van der Waals surface area contributed by atoms with Crippen molar-refractivity contribution in [3.05, 3.63) is 0 Å². The van der Waals surface area contributed by atoms with Gasteiger partial charge in [0, 0.05) is 6.04 Å². The van der Waals surface area contributed by atoms with Crippen molar-refractivity contribution in [3.63, 3.8) is 0 Å². The minimum atomic E-state index is -3.75. The fourth-order valence-corrected chi connectivity index (χ4v) is 5.43. The number of hydrogen-bond donors (Lipinski definition) is 2. The topological polar surface area (TPSA) is 72.5 Å². The van der Waals surface area contributed by atoms with Crippen molar-refractivity contribution in [1.29, 1.82) is 0 Å². The van der Waals surface area contributed by atoms with Gasteiger partial charge in [0.15, 0.2) is 0 Å². The van der Waals surface area contributed by atoms with Crippen LogP contribution in [0, 0.1) is 11.3 Å². The number of rotatable bonds is 4. The number of nitrogens with two attached hydrogens (primary N) is 1. The van der Waals surface area contributed by atoms with Gasteiger partial charge in [-0.05, 0) is 51.4 Å². The number of hydrogen-bond acceptors (Lipinski definition) is 3. The normalized spacial score (nSPS) is 34.0. The van der Waals surface area contributed by atoms with Crippen LogP contribution in [0.15, 0.2) is 0 Å². The highest BCUT2D eigenvalue weighted by molar-refractivity contribution is 7.54. The Kier molecular flexibility index (Phi) is 4.89. The van der Waals surface area contributed by atoms with Gasteiger partial charge in [-0.15, -0.1) is 0 Å². The molecule has 4 nitrogen and oxygen atoms in total. The highest BCUT2D eigenvalue weighted by Crippen LogP contribution is 2.65. The Morgan fingerprint density at radius 2 is 1.80 bits per heavy atom. The van der Waals surface area contributed by atoms with Gasteiger partial charge in [-0.3, -0.25) is 4.57 Å². The van der Waals surface area contributed by atoms with Crippen molar-refractivity contribution in [2.24, 2.45) is 17.1 Å². The zero-order chi connectivity index (χ0) is 16.0. The second kappa shape index (κ2) is 5.39. The third-order valence-corrected chi connectivity index (χ3v) is 7.23. The molecule has 1 fully saturated rings. The van der Waals surface area contributed by atoms with E-state index in [9.17, 15) is 9.46 Å². The molecule has 3 atom stereocenters. The van der Waals surface area contributed by atoms with Gasteiger partial charge in [0.25, 0.3) is 0 Å². The Labute approximate surface area is 124 Å². The lowest BCUT2D eigenvalue weighted by atomic mass is 9.70. The van der Waals surface area contributed by atoms with Crippen molar-refractivity contribution in [3.8, 4) is 0 Å². The molecule has 1 aliphatic carbocycles. The summed E-state index contributed by atoms with van der Waals surface area (Å²) in [5.74, 6) is 0.164. The zero-order valence-corrected chi connectivity index (χ0v) is 15.0. The van der Waals surface area contributed by atoms with Crippen molar-refractivity contribution >= 4 is 7.60 Å². The standard InChI is InChI=1S/C15H32NO3P/c1-11(2)14(5,6)19-20(17,18)15(7)9-12(16)8-13(3,4)10-15/h11-12H,8-10,16H2,1-7H3,(H,17,18). The molecule has 0 aliphatic heterocycles. The van der Waals surface area contributed by atoms with E-state index < -0.39 is 18.4 Å². The molecule has 3 unspecified atom stereocenters. The fourth-order valence-electron chi connectivity index (χ4n) is 3.27. The summed E-state index contributed by atoms with van der Waals surface area (Å²) in [6, 6.07) is -0.0463. The summed E-state index contributed by atoms with van der Waals surface area (Å²) in [7, 11) is -3.75. The van der Waals surface area contributed by atoms with Crippen LogP contribution in [-0.4, -0.2) is 21.7 Å². The van der Waals surface area contributed by atoms with Crippen LogP contribution < -0.4 is 5.73 Å². The maximum atomic E-state index is 12.9. The summed E-state index contributed by atoms with van der Waals surface area (Å²) in [5.41, 5.74) is 5.46. The Morgan fingerprint density at radius 3 is 2.20 bits per heavy atom. The van der Waals surface area contributed by atoms with E-state index in [1.54, 1.807) is 0 Å². The molecule has 0 aromatic heterocycles. The van der Waals surface area contributed by atoms with Crippen molar-refractivity contribution in [2.45, 2.75) is 84.5 Å². The molecular formula is C15H32NO3P. The smallest absolute Gasteiger partial charge is 0.328 e. The lowest BCUT2D eigenvalue weighted by Crippen LogP contribution is -2.47. The van der Waals surface area contributed by atoms with Gasteiger partial charge in [-0.2, -0.15) is 0 Å². The van der Waals surface area contributed by atoms with Gasteiger partial charge in [0.1, 0.15) is 0 Å². The van der Waals surface area contributed by atoms with E-state index in [0.717, 1.165) is 6.42 Å². The molecule has 0 amide bonds. The zero-order valence-electron chi connectivity index (χ0n) is 14.1. The van der Waals surface area contributed by atoms with Gasteiger partial charge >= 0.3 is 7.60 Å². The van der Waals surface area contributed by atoms with Crippen LogP contribution in [-0.2, 0) is 9.09 Å². The predicted octanol–water partition coefficient (Wildman–Crippen LogP) is 3.92. The lowest BCUT2D eigenvalue weighted by Gasteiger charge is -2.48. The highest BCUT2D eigenvalue weighted by atomic mass is 31.2. The van der Waals surface area contributed by atoms with Gasteiger partial charge in [0.05, 0.1) is 10.8 Å². The molecule has 1 aliphatic rings. The molecule has 1 saturated carbocycles. The van der Waals surface area contributed by atoms with E-state index >= 15 is 0 Å². The van der Waals surface area contributed by atoms with E-state index in [2.05, 4.69) is 13.8 Å². The Bertz CT molecular complexity index is 406. The van der Waals surface area contributed by atoms with Gasteiger partial charge in [0.2, 0.25) is 0 Å². The molecule has 0 aromatic carbocycles. The summed E-state index contributed by atoms with van der Waals surface area (Å²) in [6.07, 6.45) is 2.09. The van der Waals surface area contributed by atoms with Crippen LogP contribution in [0.25, 0.3) is 0 Å². The summed E-state index contributed by atoms with van der Waals surface area (Å²) >= 11 is 0. The highest BCUT2D eigenvalue weighted by Gasteiger charge is 2.53. The average Bonchev–Trinajstić information content (AvgIpc) is 2.10. The molecule has 20 heavy (non-hydrogen) atoms. The van der Waals surface area contributed by atoms with E-state index in [1.165, 1.54) is 0 Å². The molecule has 0 spiro atoms. The first-order valence-corrected chi connectivity index (χ1v) is 9.08. The quantitative estimate of drug-likeness (QED) is 0.772. The summed E-state index contributed by atoms with van der Waals surface area (Å²) < 4.78 is 18.6. The Hall–Kier alpha value is 0.110. The largest absolute Gasteiger partial charge is 0.334 e. The molecule has 1 rings (SSSR count). The third-order valence-electron chi connectivity index (χ3n) is 4.81. The summed E-state index contributed by atoms with van der Waals surface area (Å²) in [5, 5.41) is -0.764. The molecule has 0 heterocycles. The van der Waals surface area contributed by atoms with E-state index in [4.69, 9.17) is 10.3 Å². The SMILES string of the molecule is CC(C)C(C)(C)OP(=O)(O)C1(C)CC(N)CC(C)(C)C1. The van der Waals surface area contributed by atoms with Gasteiger partial charge < -0.3 is 15.2 Å². The van der Waals surface area contributed by atoms with Crippen LogP contribution in [0.4, 0.5) is 0 Å². The van der Waals surface area contributed by atoms with E-state index in [1.807, 2.05) is 34.6 Å². The molecule has 0 radical (unpaired) electrons. The van der Waals surface area contributed by atoms with Crippen LogP contribution in [0.2, 0.25) is 0 Å². The van der Waals surface area contributed by atoms with E-state index in [-0.39, 0.29) is 17.4 Å².